The monoisotopic (exact) mass is 353 g/mol. The lowest BCUT2D eigenvalue weighted by Crippen LogP contribution is -2.08. The van der Waals surface area contributed by atoms with Crippen molar-refractivity contribution in [2.75, 3.05) is 7.11 Å². The predicted octanol–water partition coefficient (Wildman–Crippen LogP) is 6.06. The van der Waals surface area contributed by atoms with Gasteiger partial charge in [-0.1, -0.05) is 42.5 Å². The van der Waals surface area contributed by atoms with E-state index in [2.05, 4.69) is 0 Å². The lowest BCUT2D eigenvalue weighted by molar-refractivity contribution is -0.137. The van der Waals surface area contributed by atoms with Gasteiger partial charge in [0.25, 0.3) is 0 Å². The summed E-state index contributed by atoms with van der Waals surface area (Å²) in [4.78, 5) is 0. The van der Waals surface area contributed by atoms with Gasteiger partial charge in [0, 0.05) is 11.8 Å². The third-order valence-electron chi connectivity index (χ3n) is 4.74. The summed E-state index contributed by atoms with van der Waals surface area (Å²) in [7, 11) is 1.64. The van der Waals surface area contributed by atoms with E-state index in [1.807, 2.05) is 48.9 Å². The topological polar surface area (TPSA) is 9.23 Å². The van der Waals surface area contributed by atoms with Crippen molar-refractivity contribution in [2.24, 2.45) is 0 Å². The van der Waals surface area contributed by atoms with Crippen LogP contribution in [0.4, 0.5) is 13.2 Å². The van der Waals surface area contributed by atoms with Crippen LogP contribution in [0.15, 0.2) is 60.7 Å². The molecule has 4 rings (SSSR count). The first-order valence-corrected chi connectivity index (χ1v) is 8.28. The molecule has 0 saturated carbocycles. The number of ether oxygens (including phenoxy) is 1. The molecule has 0 aromatic heterocycles. The fourth-order valence-electron chi connectivity index (χ4n) is 3.44. The SMILES string of the molecule is COc1cccc2c(C3=CCc4cc(C(F)(F)F)ccc4[CH]3)cccc12. The van der Waals surface area contributed by atoms with Crippen LogP contribution < -0.4 is 4.74 Å². The first kappa shape index (κ1) is 16.7. The van der Waals surface area contributed by atoms with Gasteiger partial charge in [0.05, 0.1) is 12.7 Å². The average Bonchev–Trinajstić information content (AvgIpc) is 2.65. The van der Waals surface area contributed by atoms with Gasteiger partial charge in [0.2, 0.25) is 0 Å². The number of alkyl halides is 3. The van der Waals surface area contributed by atoms with Crippen molar-refractivity contribution in [3.63, 3.8) is 0 Å². The van der Waals surface area contributed by atoms with Crippen molar-refractivity contribution >= 4 is 16.3 Å². The Kier molecular flexibility index (Phi) is 3.98. The minimum atomic E-state index is -4.31. The molecule has 0 heterocycles. The minimum absolute atomic E-state index is 0.478. The molecule has 0 spiro atoms. The Morgan fingerprint density at radius 3 is 2.46 bits per heavy atom. The van der Waals surface area contributed by atoms with Crippen molar-refractivity contribution < 1.29 is 17.9 Å². The van der Waals surface area contributed by atoms with Crippen LogP contribution in [0.3, 0.4) is 0 Å². The van der Waals surface area contributed by atoms with Crippen LogP contribution in [0.5, 0.6) is 5.75 Å². The van der Waals surface area contributed by atoms with Crippen molar-refractivity contribution in [2.45, 2.75) is 12.6 Å². The van der Waals surface area contributed by atoms with E-state index in [0.29, 0.717) is 12.0 Å². The van der Waals surface area contributed by atoms with Gasteiger partial charge < -0.3 is 4.74 Å². The Labute approximate surface area is 149 Å². The van der Waals surface area contributed by atoms with Crippen LogP contribution in [0, 0.1) is 6.42 Å². The third-order valence-corrected chi connectivity index (χ3v) is 4.74. The number of hydrogen-bond acceptors (Lipinski definition) is 1. The number of methoxy groups -OCH3 is 1. The number of hydrogen-bond donors (Lipinski definition) is 0. The van der Waals surface area contributed by atoms with E-state index in [-0.39, 0.29) is 0 Å². The van der Waals surface area contributed by atoms with Gasteiger partial charge >= 0.3 is 6.18 Å². The summed E-state index contributed by atoms with van der Waals surface area (Å²) in [5, 5.41) is 2.07. The molecule has 1 nitrogen and oxygen atoms in total. The van der Waals surface area contributed by atoms with Crippen LogP contribution in [0.2, 0.25) is 0 Å². The molecule has 3 aromatic carbocycles. The molecule has 4 heteroatoms. The third kappa shape index (κ3) is 2.85. The van der Waals surface area contributed by atoms with Crippen LogP contribution in [-0.2, 0) is 12.6 Å². The predicted molar refractivity (Wildman–Crippen MR) is 97.0 cm³/mol. The summed E-state index contributed by atoms with van der Waals surface area (Å²) < 4.78 is 44.2. The Bertz CT molecular complexity index is 1020. The molecule has 1 aliphatic rings. The van der Waals surface area contributed by atoms with Crippen molar-refractivity contribution in [1.82, 2.24) is 0 Å². The van der Waals surface area contributed by atoms with E-state index in [1.54, 1.807) is 13.2 Å². The van der Waals surface area contributed by atoms with Gasteiger partial charge in [-0.05, 0) is 52.3 Å². The van der Waals surface area contributed by atoms with E-state index in [9.17, 15) is 13.2 Å². The highest BCUT2D eigenvalue weighted by molar-refractivity contribution is 5.99. The molecule has 1 radical (unpaired) electrons. The summed E-state index contributed by atoms with van der Waals surface area (Å²) >= 11 is 0. The van der Waals surface area contributed by atoms with Gasteiger partial charge in [0.1, 0.15) is 5.75 Å². The maximum Gasteiger partial charge on any atom is 0.416 e. The second-order valence-corrected chi connectivity index (χ2v) is 6.28. The van der Waals surface area contributed by atoms with E-state index in [4.69, 9.17) is 4.74 Å². The standard InChI is InChI=1S/C22H16F3O/c1-26-21-7-3-5-19-18(4-2-6-20(19)21)16-9-8-15-13-17(22(23,24)25)11-10-14(15)12-16/h2-7,9-13H,8H2,1H3. The fraction of sp³-hybridized carbons (Fsp3) is 0.136. The Morgan fingerprint density at radius 1 is 0.923 bits per heavy atom. The zero-order chi connectivity index (χ0) is 18.3. The Balaban J connectivity index is 1.75. The highest BCUT2D eigenvalue weighted by atomic mass is 19.4. The highest BCUT2D eigenvalue weighted by Crippen LogP contribution is 2.38. The molecule has 131 valence electrons. The second-order valence-electron chi connectivity index (χ2n) is 6.28. The molecule has 0 unspecified atom stereocenters. The molecular weight excluding hydrogens is 337 g/mol. The molecule has 1 aliphatic carbocycles. The van der Waals surface area contributed by atoms with Crippen molar-refractivity contribution in [3.8, 4) is 5.75 Å². The molecular formula is C22H16F3O. The van der Waals surface area contributed by atoms with Gasteiger partial charge in [-0.15, -0.1) is 0 Å². The normalized spacial score (nSPS) is 14.1. The molecule has 0 saturated heterocycles. The number of halogens is 3. The molecule has 0 amide bonds. The lowest BCUT2D eigenvalue weighted by atomic mass is 9.85. The number of rotatable bonds is 2. The molecule has 0 fully saturated rings. The smallest absolute Gasteiger partial charge is 0.416 e. The van der Waals surface area contributed by atoms with Gasteiger partial charge in [-0.2, -0.15) is 13.2 Å². The number of fused-ring (bicyclic) bond motifs is 2. The summed E-state index contributed by atoms with van der Waals surface area (Å²) in [6.45, 7) is 0. The second kappa shape index (κ2) is 6.20. The first-order valence-electron chi connectivity index (χ1n) is 8.28. The quantitative estimate of drug-likeness (QED) is 0.544. The molecule has 3 aromatic rings. The van der Waals surface area contributed by atoms with E-state index < -0.39 is 11.7 Å². The van der Waals surface area contributed by atoms with E-state index in [1.165, 1.54) is 6.07 Å². The fourth-order valence-corrected chi connectivity index (χ4v) is 3.44. The highest BCUT2D eigenvalue weighted by Gasteiger charge is 2.31. The molecule has 0 aliphatic heterocycles. The Hall–Kier alpha value is -2.75. The zero-order valence-electron chi connectivity index (χ0n) is 14.1. The summed E-state index contributed by atoms with van der Waals surface area (Å²) in [6, 6.07) is 15.8. The average molecular weight is 353 g/mol. The molecule has 0 N–H and O–H groups in total. The Morgan fingerprint density at radius 2 is 1.69 bits per heavy atom. The first-order chi connectivity index (χ1) is 12.5. The van der Waals surface area contributed by atoms with E-state index in [0.717, 1.165) is 39.3 Å². The molecule has 0 atom stereocenters. The van der Waals surface area contributed by atoms with Gasteiger partial charge in [-0.3, -0.25) is 0 Å². The number of allylic oxidation sites excluding steroid dienone is 2. The molecule has 26 heavy (non-hydrogen) atoms. The molecule has 0 bridgehead atoms. The summed E-state index contributed by atoms with van der Waals surface area (Å²) in [5.41, 5.74) is 2.98. The van der Waals surface area contributed by atoms with Crippen LogP contribution >= 0.6 is 0 Å². The van der Waals surface area contributed by atoms with Crippen LogP contribution in [-0.4, -0.2) is 7.11 Å². The summed E-state index contributed by atoms with van der Waals surface area (Å²) in [6.07, 6.45) is 0.0978. The van der Waals surface area contributed by atoms with Gasteiger partial charge in [-0.25, -0.2) is 0 Å². The van der Waals surface area contributed by atoms with Crippen LogP contribution in [0.1, 0.15) is 22.3 Å². The van der Waals surface area contributed by atoms with Crippen molar-refractivity contribution in [1.29, 1.82) is 0 Å². The van der Waals surface area contributed by atoms with Crippen LogP contribution in [0.25, 0.3) is 16.3 Å². The summed E-state index contributed by atoms with van der Waals surface area (Å²) in [5.74, 6) is 0.802. The van der Waals surface area contributed by atoms with E-state index >= 15 is 0 Å². The minimum Gasteiger partial charge on any atom is -0.496 e. The lowest BCUT2D eigenvalue weighted by Gasteiger charge is -2.20. The maximum atomic E-state index is 12.9. The zero-order valence-corrected chi connectivity index (χ0v) is 14.1. The van der Waals surface area contributed by atoms with Crippen molar-refractivity contribution in [3.05, 3.63) is 89.3 Å². The number of benzene rings is 3. The van der Waals surface area contributed by atoms with Gasteiger partial charge in [0.15, 0.2) is 0 Å². The largest absolute Gasteiger partial charge is 0.496 e. The maximum absolute atomic E-state index is 12.9.